The van der Waals surface area contributed by atoms with E-state index >= 15 is 0 Å². The molecular weight excluding hydrogens is 268 g/mol. The van der Waals surface area contributed by atoms with Gasteiger partial charge in [0.15, 0.2) is 0 Å². The third-order valence-electron chi connectivity index (χ3n) is 2.60. The molecule has 0 spiro atoms. The number of halogens is 1. The second-order valence-corrected chi connectivity index (χ2v) is 4.55. The highest BCUT2D eigenvalue weighted by Crippen LogP contribution is 2.23. The first-order valence-corrected chi connectivity index (χ1v) is 6.45. The number of carbonyl (C=O) groups is 2. The highest BCUT2D eigenvalue weighted by molar-refractivity contribution is 6.34. The molecule has 0 aliphatic carbocycles. The zero-order valence-electron chi connectivity index (χ0n) is 10.5. The monoisotopic (exact) mass is 284 g/mol. The van der Waals surface area contributed by atoms with Crippen LogP contribution in [0.15, 0.2) is 18.2 Å². The van der Waals surface area contributed by atoms with Crippen molar-refractivity contribution in [3.05, 3.63) is 28.8 Å². The Bertz CT molecular complexity index is 463. The Balaban J connectivity index is 2.52. The lowest BCUT2D eigenvalue weighted by Crippen LogP contribution is -2.12. The number of carbonyl (C=O) groups excluding carboxylic acids is 1. The quantitative estimate of drug-likeness (QED) is 0.671. The lowest BCUT2D eigenvalue weighted by molar-refractivity contribution is -0.116. The Kier molecular flexibility index (Phi) is 6.32. The average Bonchev–Trinajstić information content (AvgIpc) is 2.37. The molecule has 0 radical (unpaired) electrons. The SMILES string of the molecule is NCCCCCC(=O)Nc1ccc(C(=O)O)cc1Cl. The summed E-state index contributed by atoms with van der Waals surface area (Å²) in [4.78, 5) is 22.4. The summed E-state index contributed by atoms with van der Waals surface area (Å²) in [7, 11) is 0. The zero-order chi connectivity index (χ0) is 14.3. The summed E-state index contributed by atoms with van der Waals surface area (Å²) in [6, 6.07) is 4.20. The van der Waals surface area contributed by atoms with Crippen molar-refractivity contribution in [3.8, 4) is 0 Å². The number of amides is 1. The van der Waals surface area contributed by atoms with Gasteiger partial charge in [0.2, 0.25) is 5.91 Å². The van der Waals surface area contributed by atoms with Gasteiger partial charge in [0.25, 0.3) is 0 Å². The molecular formula is C13H17ClN2O3. The van der Waals surface area contributed by atoms with Crippen molar-refractivity contribution in [2.24, 2.45) is 5.73 Å². The Labute approximate surface area is 116 Å². The molecule has 0 saturated carbocycles. The highest BCUT2D eigenvalue weighted by Gasteiger charge is 2.09. The van der Waals surface area contributed by atoms with Gasteiger partial charge in [-0.15, -0.1) is 0 Å². The molecule has 0 heterocycles. The van der Waals surface area contributed by atoms with Crippen molar-refractivity contribution in [1.82, 2.24) is 0 Å². The molecule has 0 aromatic heterocycles. The van der Waals surface area contributed by atoms with Crippen LogP contribution in [0.5, 0.6) is 0 Å². The van der Waals surface area contributed by atoms with E-state index in [1.165, 1.54) is 18.2 Å². The molecule has 0 aliphatic heterocycles. The lowest BCUT2D eigenvalue weighted by Gasteiger charge is -2.07. The second kappa shape index (κ2) is 7.76. The fraction of sp³-hybridized carbons (Fsp3) is 0.385. The Morgan fingerprint density at radius 3 is 2.58 bits per heavy atom. The van der Waals surface area contributed by atoms with E-state index in [9.17, 15) is 9.59 Å². The van der Waals surface area contributed by atoms with Crippen molar-refractivity contribution >= 4 is 29.2 Å². The van der Waals surface area contributed by atoms with Gasteiger partial charge in [-0.05, 0) is 37.6 Å². The maximum atomic E-state index is 11.6. The summed E-state index contributed by atoms with van der Waals surface area (Å²) in [6.07, 6.45) is 2.99. The zero-order valence-corrected chi connectivity index (χ0v) is 11.2. The number of nitrogens with two attached hydrogens (primary N) is 1. The first-order chi connectivity index (χ1) is 9.04. The minimum absolute atomic E-state index is 0.0888. The van der Waals surface area contributed by atoms with Crippen molar-refractivity contribution in [2.75, 3.05) is 11.9 Å². The predicted molar refractivity (Wildman–Crippen MR) is 74.6 cm³/mol. The number of carboxylic acids is 1. The molecule has 19 heavy (non-hydrogen) atoms. The maximum Gasteiger partial charge on any atom is 0.335 e. The van der Waals surface area contributed by atoms with Crippen LogP contribution in [0.3, 0.4) is 0 Å². The number of hydrogen-bond acceptors (Lipinski definition) is 3. The van der Waals surface area contributed by atoms with E-state index in [1.54, 1.807) is 0 Å². The van der Waals surface area contributed by atoms with Crippen molar-refractivity contribution in [2.45, 2.75) is 25.7 Å². The molecule has 4 N–H and O–H groups in total. The fourth-order valence-corrected chi connectivity index (χ4v) is 1.80. The van der Waals surface area contributed by atoms with Gasteiger partial charge in [0.1, 0.15) is 0 Å². The Morgan fingerprint density at radius 1 is 1.26 bits per heavy atom. The average molecular weight is 285 g/mol. The molecule has 1 aromatic rings. The minimum Gasteiger partial charge on any atom is -0.478 e. The van der Waals surface area contributed by atoms with Crippen LogP contribution in [0.4, 0.5) is 5.69 Å². The number of rotatable bonds is 7. The summed E-state index contributed by atoms with van der Waals surface area (Å²) >= 11 is 5.91. The number of benzene rings is 1. The standard InChI is InChI=1S/C13H17ClN2O3/c14-10-8-9(13(18)19)5-6-11(10)16-12(17)4-2-1-3-7-15/h5-6,8H,1-4,7,15H2,(H,16,17)(H,18,19). The molecule has 0 bridgehead atoms. The summed E-state index contributed by atoms with van der Waals surface area (Å²) in [5.74, 6) is -1.19. The largest absolute Gasteiger partial charge is 0.478 e. The van der Waals surface area contributed by atoms with Crippen LogP contribution < -0.4 is 11.1 Å². The number of aromatic carboxylic acids is 1. The maximum absolute atomic E-state index is 11.6. The number of anilines is 1. The van der Waals surface area contributed by atoms with E-state index in [0.717, 1.165) is 19.3 Å². The van der Waals surface area contributed by atoms with E-state index in [2.05, 4.69) is 5.32 Å². The van der Waals surface area contributed by atoms with Gasteiger partial charge in [-0.1, -0.05) is 18.0 Å². The minimum atomic E-state index is -1.05. The number of unbranched alkanes of at least 4 members (excludes halogenated alkanes) is 2. The molecule has 1 rings (SSSR count). The van der Waals surface area contributed by atoms with Crippen LogP contribution in [0, 0.1) is 0 Å². The van der Waals surface area contributed by atoms with E-state index in [4.69, 9.17) is 22.4 Å². The van der Waals surface area contributed by atoms with Gasteiger partial charge in [-0.25, -0.2) is 4.79 Å². The molecule has 1 amide bonds. The Hall–Kier alpha value is -1.59. The van der Waals surface area contributed by atoms with Crippen LogP contribution in [-0.2, 0) is 4.79 Å². The first kappa shape index (κ1) is 15.5. The van der Waals surface area contributed by atoms with Gasteiger partial charge >= 0.3 is 5.97 Å². The van der Waals surface area contributed by atoms with Gasteiger partial charge in [0.05, 0.1) is 16.3 Å². The van der Waals surface area contributed by atoms with E-state index in [-0.39, 0.29) is 16.5 Å². The second-order valence-electron chi connectivity index (χ2n) is 4.15. The molecule has 0 unspecified atom stereocenters. The Morgan fingerprint density at radius 2 is 2.00 bits per heavy atom. The van der Waals surface area contributed by atoms with Gasteiger partial charge in [0, 0.05) is 6.42 Å². The molecule has 104 valence electrons. The van der Waals surface area contributed by atoms with Gasteiger partial charge in [-0.2, -0.15) is 0 Å². The summed E-state index contributed by atoms with van der Waals surface area (Å²) < 4.78 is 0. The van der Waals surface area contributed by atoms with E-state index in [0.29, 0.717) is 18.7 Å². The number of nitrogens with one attached hydrogen (secondary N) is 1. The topological polar surface area (TPSA) is 92.4 Å². The molecule has 1 aromatic carbocycles. The van der Waals surface area contributed by atoms with Crippen LogP contribution >= 0.6 is 11.6 Å². The van der Waals surface area contributed by atoms with Gasteiger partial charge < -0.3 is 16.2 Å². The fourth-order valence-electron chi connectivity index (χ4n) is 1.57. The molecule has 6 heteroatoms. The van der Waals surface area contributed by atoms with E-state index in [1.807, 2.05) is 0 Å². The third-order valence-corrected chi connectivity index (χ3v) is 2.91. The van der Waals surface area contributed by atoms with E-state index < -0.39 is 5.97 Å². The van der Waals surface area contributed by atoms with Crippen LogP contribution in [-0.4, -0.2) is 23.5 Å². The summed E-state index contributed by atoms with van der Waals surface area (Å²) in [5, 5.41) is 11.7. The van der Waals surface area contributed by atoms with Crippen LogP contribution in [0.2, 0.25) is 5.02 Å². The molecule has 0 fully saturated rings. The molecule has 0 atom stereocenters. The molecule has 5 nitrogen and oxygen atoms in total. The van der Waals surface area contributed by atoms with Crippen molar-refractivity contribution in [1.29, 1.82) is 0 Å². The van der Waals surface area contributed by atoms with Crippen molar-refractivity contribution in [3.63, 3.8) is 0 Å². The molecule has 0 saturated heterocycles. The van der Waals surface area contributed by atoms with Crippen LogP contribution in [0.1, 0.15) is 36.0 Å². The normalized spacial score (nSPS) is 10.2. The van der Waals surface area contributed by atoms with Crippen LogP contribution in [0.25, 0.3) is 0 Å². The third kappa shape index (κ3) is 5.28. The van der Waals surface area contributed by atoms with Gasteiger partial charge in [-0.3, -0.25) is 4.79 Å². The lowest BCUT2D eigenvalue weighted by atomic mass is 10.1. The summed E-state index contributed by atoms with van der Waals surface area (Å²) in [6.45, 7) is 0.629. The summed E-state index contributed by atoms with van der Waals surface area (Å²) in [5.41, 5.74) is 5.88. The first-order valence-electron chi connectivity index (χ1n) is 6.07. The predicted octanol–water partition coefficient (Wildman–Crippen LogP) is 2.50. The highest BCUT2D eigenvalue weighted by atomic mass is 35.5. The number of carboxylic acid groups (broad SMARTS) is 1. The molecule has 0 aliphatic rings. The number of hydrogen-bond donors (Lipinski definition) is 3. The van der Waals surface area contributed by atoms with Crippen molar-refractivity contribution < 1.29 is 14.7 Å². The smallest absolute Gasteiger partial charge is 0.335 e.